The molecule has 1 saturated carbocycles. The highest BCUT2D eigenvalue weighted by Gasteiger charge is 2.37. The normalized spacial score (nSPS) is 23.2. The molecule has 34 heavy (non-hydrogen) atoms. The second-order valence-electron chi connectivity index (χ2n) is 11.8. The molecule has 6 nitrogen and oxygen atoms in total. The Morgan fingerprint density at radius 2 is 1.91 bits per heavy atom. The van der Waals surface area contributed by atoms with E-state index < -0.39 is 8.32 Å². The van der Waals surface area contributed by atoms with Gasteiger partial charge in [-0.3, -0.25) is 4.79 Å². The van der Waals surface area contributed by atoms with Gasteiger partial charge in [-0.2, -0.15) is 0 Å². The van der Waals surface area contributed by atoms with Crippen LogP contribution in [0, 0.1) is 5.92 Å². The molecule has 2 aliphatic rings. The Hall–Kier alpha value is -1.51. The molecule has 1 atom stereocenters. The highest BCUT2D eigenvalue weighted by atomic mass is 32.1. The lowest BCUT2D eigenvalue weighted by atomic mass is 9.87. The fraction of sp³-hybridized carbons (Fsp3) is 0.731. The lowest BCUT2D eigenvalue weighted by Gasteiger charge is -2.36. The first kappa shape index (κ1) is 25.6. The van der Waals surface area contributed by atoms with Crippen LogP contribution in [0.4, 0.5) is 5.82 Å². The predicted octanol–water partition coefficient (Wildman–Crippen LogP) is 6.24. The molecule has 0 radical (unpaired) electrons. The van der Waals surface area contributed by atoms with Crippen LogP contribution in [0.1, 0.15) is 82.6 Å². The number of amides is 1. The number of nitrogens with one attached hydrogen (secondary N) is 2. The molecule has 4 rings (SSSR count). The molecule has 0 aromatic carbocycles. The Morgan fingerprint density at radius 1 is 1.18 bits per heavy atom. The number of carbonyl (C=O) groups is 1. The fourth-order valence-corrected chi connectivity index (χ4v) is 7.20. The van der Waals surface area contributed by atoms with E-state index in [2.05, 4.69) is 61.4 Å². The van der Waals surface area contributed by atoms with E-state index in [1.54, 1.807) is 17.7 Å². The van der Waals surface area contributed by atoms with E-state index in [1.165, 1.54) is 36.1 Å². The van der Waals surface area contributed by atoms with E-state index in [0.29, 0.717) is 19.2 Å². The zero-order chi connectivity index (χ0) is 24.5. The van der Waals surface area contributed by atoms with Gasteiger partial charge in [0.2, 0.25) is 5.91 Å². The summed E-state index contributed by atoms with van der Waals surface area (Å²) < 4.78 is 6.26. The summed E-state index contributed by atoms with van der Waals surface area (Å²) in [4.78, 5) is 24.7. The maximum atomic E-state index is 13.2. The first-order chi connectivity index (χ1) is 16.1. The lowest BCUT2D eigenvalue weighted by Crippen LogP contribution is -2.41. The molecule has 2 N–H and O–H groups in total. The van der Waals surface area contributed by atoms with Crippen molar-refractivity contribution in [3.8, 4) is 0 Å². The molecule has 0 saturated heterocycles. The Balaban J connectivity index is 1.40. The largest absolute Gasteiger partial charge is 0.417 e. The molecular formula is C26H42N4O2SSi. The van der Waals surface area contributed by atoms with Crippen molar-refractivity contribution in [3.05, 3.63) is 16.8 Å². The number of aryl methyl sites for hydroxylation is 1. The van der Waals surface area contributed by atoms with E-state index in [9.17, 15) is 4.79 Å². The van der Waals surface area contributed by atoms with Gasteiger partial charge in [0.05, 0.1) is 11.3 Å². The average molecular weight is 503 g/mol. The van der Waals surface area contributed by atoms with Crippen molar-refractivity contribution in [1.29, 1.82) is 0 Å². The average Bonchev–Trinajstić information content (AvgIpc) is 3.33. The molecule has 0 bridgehead atoms. The Bertz CT molecular complexity index is 1010. The monoisotopic (exact) mass is 502 g/mol. The third kappa shape index (κ3) is 5.49. The maximum Gasteiger partial charge on any atom is 0.227 e. The van der Waals surface area contributed by atoms with Crippen LogP contribution in [0.2, 0.25) is 18.1 Å². The van der Waals surface area contributed by atoms with Gasteiger partial charge in [0.1, 0.15) is 17.0 Å². The molecule has 8 heteroatoms. The number of nitrogens with zero attached hydrogens (tertiary/aromatic N) is 2. The van der Waals surface area contributed by atoms with E-state index in [1.807, 2.05) is 0 Å². The molecule has 2 heterocycles. The topological polar surface area (TPSA) is 76.1 Å². The minimum Gasteiger partial charge on any atom is -0.417 e. The van der Waals surface area contributed by atoms with Crippen LogP contribution in [0.5, 0.6) is 0 Å². The van der Waals surface area contributed by atoms with Crippen molar-refractivity contribution in [2.75, 3.05) is 18.5 Å². The molecular weight excluding hydrogens is 460 g/mol. The summed E-state index contributed by atoms with van der Waals surface area (Å²) in [5, 5.41) is 8.20. The third-order valence-corrected chi connectivity index (χ3v) is 13.9. The molecule has 1 unspecified atom stereocenters. The second kappa shape index (κ2) is 10.2. The summed E-state index contributed by atoms with van der Waals surface area (Å²) in [6.07, 6.45) is 9.22. The fourth-order valence-electron chi connectivity index (χ4n) is 4.89. The first-order valence-electron chi connectivity index (χ1n) is 13.0. The van der Waals surface area contributed by atoms with Gasteiger partial charge in [-0.15, -0.1) is 11.3 Å². The van der Waals surface area contributed by atoms with Gasteiger partial charge in [-0.05, 0) is 74.6 Å². The Labute approximate surface area is 209 Å². The zero-order valence-electron chi connectivity index (χ0n) is 21.8. The highest BCUT2D eigenvalue weighted by Crippen LogP contribution is 2.45. The number of anilines is 1. The van der Waals surface area contributed by atoms with Crippen LogP contribution in [-0.4, -0.2) is 43.4 Å². The number of hydrogen-bond donors (Lipinski definition) is 2. The molecule has 1 amide bonds. The van der Waals surface area contributed by atoms with Gasteiger partial charge in [0.15, 0.2) is 8.32 Å². The Kier molecular flexibility index (Phi) is 7.70. The van der Waals surface area contributed by atoms with Crippen LogP contribution < -0.4 is 10.6 Å². The second-order valence-corrected chi connectivity index (χ2v) is 17.7. The van der Waals surface area contributed by atoms with Crippen molar-refractivity contribution >= 4 is 41.6 Å². The standard InChI is InChI=1S/C26H42N4O2SSi/c1-17-8-10-18(11-9-17)30-23-22-21-19(12-13-20(21)33-25(22)29-16-28-23)24(31)27-14-7-15-32-34(5,6)26(2,3)4/h16-19H,7-15H2,1-6H3,(H,27,31)(H,28,29,30). The van der Waals surface area contributed by atoms with E-state index in [-0.39, 0.29) is 16.9 Å². The number of fused-ring (bicyclic) bond motifs is 3. The van der Waals surface area contributed by atoms with Gasteiger partial charge in [0.25, 0.3) is 0 Å². The van der Waals surface area contributed by atoms with Gasteiger partial charge >= 0.3 is 0 Å². The van der Waals surface area contributed by atoms with Crippen LogP contribution >= 0.6 is 11.3 Å². The summed E-state index contributed by atoms with van der Waals surface area (Å²) in [5.41, 5.74) is 1.17. The van der Waals surface area contributed by atoms with Gasteiger partial charge in [0, 0.05) is 24.1 Å². The van der Waals surface area contributed by atoms with Crippen LogP contribution in [0.25, 0.3) is 10.2 Å². The number of hydrogen-bond acceptors (Lipinski definition) is 6. The van der Waals surface area contributed by atoms with Crippen molar-refractivity contribution in [2.45, 2.75) is 103 Å². The van der Waals surface area contributed by atoms with E-state index >= 15 is 0 Å². The van der Waals surface area contributed by atoms with Crippen molar-refractivity contribution in [2.24, 2.45) is 5.92 Å². The number of aromatic nitrogens is 2. The molecule has 0 aliphatic heterocycles. The molecule has 0 spiro atoms. The SMILES string of the molecule is CC1CCC(Nc2ncnc3sc4c(c23)C(C(=O)NCCCO[Si](C)(C)C(C)(C)C)CC4)CC1. The minimum atomic E-state index is -1.74. The summed E-state index contributed by atoms with van der Waals surface area (Å²) in [6, 6.07) is 0.458. The van der Waals surface area contributed by atoms with Gasteiger partial charge in [-0.25, -0.2) is 9.97 Å². The van der Waals surface area contributed by atoms with E-state index in [4.69, 9.17) is 4.43 Å². The molecule has 2 aliphatic carbocycles. The van der Waals surface area contributed by atoms with Crippen molar-refractivity contribution in [1.82, 2.24) is 15.3 Å². The number of carbonyl (C=O) groups excluding carboxylic acids is 1. The number of thiophene rings is 1. The molecule has 1 fully saturated rings. The van der Waals surface area contributed by atoms with Crippen LogP contribution in [0.3, 0.4) is 0 Å². The zero-order valence-corrected chi connectivity index (χ0v) is 23.6. The smallest absolute Gasteiger partial charge is 0.227 e. The lowest BCUT2D eigenvalue weighted by molar-refractivity contribution is -0.122. The minimum absolute atomic E-state index is 0.108. The molecule has 2 aromatic rings. The van der Waals surface area contributed by atoms with Crippen LogP contribution in [0.15, 0.2) is 6.33 Å². The quantitative estimate of drug-likeness (QED) is 0.330. The van der Waals surface area contributed by atoms with Crippen molar-refractivity contribution < 1.29 is 9.22 Å². The number of rotatable bonds is 8. The first-order valence-corrected chi connectivity index (χ1v) is 16.7. The summed E-state index contributed by atoms with van der Waals surface area (Å²) >= 11 is 1.73. The third-order valence-electron chi connectivity index (χ3n) is 8.17. The Morgan fingerprint density at radius 3 is 2.62 bits per heavy atom. The van der Waals surface area contributed by atoms with Crippen LogP contribution in [-0.2, 0) is 15.6 Å². The van der Waals surface area contributed by atoms with E-state index in [0.717, 1.165) is 41.2 Å². The molecule has 188 valence electrons. The maximum absolute atomic E-state index is 13.2. The van der Waals surface area contributed by atoms with Crippen molar-refractivity contribution in [3.63, 3.8) is 0 Å². The summed E-state index contributed by atoms with van der Waals surface area (Å²) in [7, 11) is -1.74. The molecule has 2 aromatic heterocycles. The van der Waals surface area contributed by atoms with Gasteiger partial charge in [-0.1, -0.05) is 27.7 Å². The predicted molar refractivity (Wildman–Crippen MR) is 144 cm³/mol. The van der Waals surface area contributed by atoms with Gasteiger partial charge < -0.3 is 15.1 Å². The highest BCUT2D eigenvalue weighted by molar-refractivity contribution is 7.19. The summed E-state index contributed by atoms with van der Waals surface area (Å²) in [5.74, 6) is 1.76. The summed E-state index contributed by atoms with van der Waals surface area (Å²) in [6.45, 7) is 15.0.